The Bertz CT molecular complexity index is 576. The Labute approximate surface area is 112 Å². The standard InChI is InChI=1S/C16H17NO2/c1-11-6-8-13(9-7-11)15(16(18)19)17-14-5-3-4-12(2)10-14/h3-10,15,17H,1-2H3,(H,18,19). The molecule has 0 amide bonds. The maximum absolute atomic E-state index is 11.4. The number of carboxylic acids is 1. The second-order valence-electron chi connectivity index (χ2n) is 4.70. The van der Waals surface area contributed by atoms with Crippen LogP contribution >= 0.6 is 0 Å². The van der Waals surface area contributed by atoms with Gasteiger partial charge in [0.1, 0.15) is 0 Å². The Kier molecular flexibility index (Phi) is 3.85. The topological polar surface area (TPSA) is 49.3 Å². The maximum atomic E-state index is 11.4. The third-order valence-electron chi connectivity index (χ3n) is 2.99. The van der Waals surface area contributed by atoms with Crippen LogP contribution in [0.5, 0.6) is 0 Å². The molecule has 2 rings (SSSR count). The smallest absolute Gasteiger partial charge is 0.330 e. The average molecular weight is 255 g/mol. The molecule has 0 heterocycles. The van der Waals surface area contributed by atoms with E-state index in [0.717, 1.165) is 22.4 Å². The number of carbonyl (C=O) groups is 1. The van der Waals surface area contributed by atoms with Crippen molar-refractivity contribution in [3.63, 3.8) is 0 Å². The molecule has 3 heteroatoms. The number of hydrogen-bond donors (Lipinski definition) is 2. The quantitative estimate of drug-likeness (QED) is 0.878. The molecule has 2 aromatic rings. The minimum absolute atomic E-state index is 0.734. The number of benzene rings is 2. The summed E-state index contributed by atoms with van der Waals surface area (Å²) in [6, 6.07) is 14.5. The molecule has 1 unspecified atom stereocenters. The molecule has 0 aliphatic heterocycles. The van der Waals surface area contributed by atoms with Crippen molar-refractivity contribution in [2.45, 2.75) is 19.9 Å². The second-order valence-corrected chi connectivity index (χ2v) is 4.70. The predicted molar refractivity (Wildman–Crippen MR) is 76.4 cm³/mol. The minimum atomic E-state index is -0.884. The van der Waals surface area contributed by atoms with Gasteiger partial charge in [0.25, 0.3) is 0 Å². The van der Waals surface area contributed by atoms with E-state index in [9.17, 15) is 9.90 Å². The van der Waals surface area contributed by atoms with Crippen LogP contribution in [-0.2, 0) is 4.79 Å². The van der Waals surface area contributed by atoms with Gasteiger partial charge in [-0.05, 0) is 37.1 Å². The van der Waals surface area contributed by atoms with Crippen molar-refractivity contribution in [3.05, 3.63) is 65.2 Å². The van der Waals surface area contributed by atoms with Crippen LogP contribution in [0, 0.1) is 13.8 Å². The Morgan fingerprint density at radius 2 is 1.74 bits per heavy atom. The van der Waals surface area contributed by atoms with Crippen LogP contribution < -0.4 is 5.32 Å². The van der Waals surface area contributed by atoms with Crippen LogP contribution in [0.1, 0.15) is 22.7 Å². The normalized spacial score (nSPS) is 11.9. The molecule has 0 aliphatic rings. The fourth-order valence-corrected chi connectivity index (χ4v) is 1.95. The third kappa shape index (κ3) is 3.35. The number of aliphatic carboxylic acids is 1. The monoisotopic (exact) mass is 255 g/mol. The van der Waals surface area contributed by atoms with E-state index in [2.05, 4.69) is 5.32 Å². The van der Waals surface area contributed by atoms with Crippen molar-refractivity contribution in [1.82, 2.24) is 0 Å². The first-order chi connectivity index (χ1) is 9.06. The second kappa shape index (κ2) is 5.57. The molecule has 0 aromatic heterocycles. The number of hydrogen-bond acceptors (Lipinski definition) is 2. The molecule has 3 nitrogen and oxygen atoms in total. The van der Waals surface area contributed by atoms with Gasteiger partial charge in [0, 0.05) is 5.69 Å². The lowest BCUT2D eigenvalue weighted by atomic mass is 10.0. The first kappa shape index (κ1) is 13.1. The van der Waals surface area contributed by atoms with Crippen LogP contribution in [-0.4, -0.2) is 11.1 Å². The predicted octanol–water partition coefficient (Wildman–Crippen LogP) is 3.54. The fourth-order valence-electron chi connectivity index (χ4n) is 1.95. The van der Waals surface area contributed by atoms with Gasteiger partial charge in [-0.3, -0.25) is 0 Å². The molecule has 0 fully saturated rings. The summed E-state index contributed by atoms with van der Waals surface area (Å²) in [5.74, 6) is -0.884. The van der Waals surface area contributed by atoms with Crippen LogP contribution in [0.4, 0.5) is 5.69 Å². The number of carboxylic acid groups (broad SMARTS) is 1. The first-order valence-corrected chi connectivity index (χ1v) is 6.19. The highest BCUT2D eigenvalue weighted by atomic mass is 16.4. The zero-order chi connectivity index (χ0) is 13.8. The Hall–Kier alpha value is -2.29. The summed E-state index contributed by atoms with van der Waals surface area (Å²) in [5, 5.41) is 12.4. The first-order valence-electron chi connectivity index (χ1n) is 6.19. The van der Waals surface area contributed by atoms with Crippen LogP contribution in [0.25, 0.3) is 0 Å². The van der Waals surface area contributed by atoms with E-state index in [-0.39, 0.29) is 0 Å². The molecule has 0 aliphatic carbocycles. The number of aryl methyl sites for hydroxylation is 2. The summed E-state index contributed by atoms with van der Waals surface area (Å²) in [4.78, 5) is 11.4. The fraction of sp³-hybridized carbons (Fsp3) is 0.188. The van der Waals surface area contributed by atoms with Crippen molar-refractivity contribution in [1.29, 1.82) is 0 Å². The van der Waals surface area contributed by atoms with Crippen molar-refractivity contribution in [2.24, 2.45) is 0 Å². The van der Waals surface area contributed by atoms with Gasteiger partial charge in [0.15, 0.2) is 6.04 Å². The van der Waals surface area contributed by atoms with Crippen LogP contribution in [0.2, 0.25) is 0 Å². The summed E-state index contributed by atoms with van der Waals surface area (Å²) >= 11 is 0. The number of nitrogens with one attached hydrogen (secondary N) is 1. The lowest BCUT2D eigenvalue weighted by molar-refractivity contribution is -0.138. The Morgan fingerprint density at radius 3 is 2.32 bits per heavy atom. The molecular formula is C16H17NO2. The maximum Gasteiger partial charge on any atom is 0.330 e. The van der Waals surface area contributed by atoms with E-state index in [1.165, 1.54) is 0 Å². The van der Waals surface area contributed by atoms with Gasteiger partial charge >= 0.3 is 5.97 Å². The molecule has 0 radical (unpaired) electrons. The summed E-state index contributed by atoms with van der Waals surface area (Å²) < 4.78 is 0. The molecule has 0 bridgehead atoms. The van der Waals surface area contributed by atoms with Crippen molar-refractivity contribution in [3.8, 4) is 0 Å². The molecule has 2 aromatic carbocycles. The highest BCUT2D eigenvalue weighted by Gasteiger charge is 2.19. The lowest BCUT2D eigenvalue weighted by Gasteiger charge is -2.16. The average Bonchev–Trinajstić information content (AvgIpc) is 2.37. The van der Waals surface area contributed by atoms with E-state index in [1.807, 2.05) is 62.4 Å². The number of rotatable bonds is 4. The molecule has 0 saturated carbocycles. The third-order valence-corrected chi connectivity index (χ3v) is 2.99. The SMILES string of the molecule is Cc1ccc(C(Nc2cccc(C)c2)C(=O)O)cc1. The van der Waals surface area contributed by atoms with Crippen molar-refractivity contribution < 1.29 is 9.90 Å². The zero-order valence-electron chi connectivity index (χ0n) is 11.1. The molecule has 1 atom stereocenters. The Morgan fingerprint density at radius 1 is 1.05 bits per heavy atom. The molecule has 0 spiro atoms. The molecule has 0 saturated heterocycles. The van der Waals surface area contributed by atoms with Gasteiger partial charge in [-0.15, -0.1) is 0 Å². The van der Waals surface area contributed by atoms with E-state index in [4.69, 9.17) is 0 Å². The van der Waals surface area contributed by atoms with Gasteiger partial charge in [-0.1, -0.05) is 42.0 Å². The largest absolute Gasteiger partial charge is 0.479 e. The van der Waals surface area contributed by atoms with Crippen LogP contribution in [0.3, 0.4) is 0 Å². The zero-order valence-corrected chi connectivity index (χ0v) is 11.1. The molecule has 2 N–H and O–H groups in total. The summed E-state index contributed by atoms with van der Waals surface area (Å²) in [7, 11) is 0. The summed E-state index contributed by atoms with van der Waals surface area (Å²) in [5.41, 5.74) is 3.77. The number of anilines is 1. The van der Waals surface area contributed by atoms with Gasteiger partial charge in [0.05, 0.1) is 0 Å². The van der Waals surface area contributed by atoms with E-state index < -0.39 is 12.0 Å². The minimum Gasteiger partial charge on any atom is -0.479 e. The van der Waals surface area contributed by atoms with E-state index in [1.54, 1.807) is 0 Å². The summed E-state index contributed by atoms with van der Waals surface area (Å²) in [6.45, 7) is 3.96. The van der Waals surface area contributed by atoms with Crippen molar-refractivity contribution in [2.75, 3.05) is 5.32 Å². The lowest BCUT2D eigenvalue weighted by Crippen LogP contribution is -2.20. The van der Waals surface area contributed by atoms with E-state index in [0.29, 0.717) is 0 Å². The van der Waals surface area contributed by atoms with Gasteiger partial charge in [0.2, 0.25) is 0 Å². The van der Waals surface area contributed by atoms with Gasteiger partial charge in [-0.2, -0.15) is 0 Å². The molecule has 98 valence electrons. The Balaban J connectivity index is 2.26. The van der Waals surface area contributed by atoms with Crippen molar-refractivity contribution >= 4 is 11.7 Å². The molecular weight excluding hydrogens is 238 g/mol. The van der Waals surface area contributed by atoms with Gasteiger partial charge < -0.3 is 10.4 Å². The van der Waals surface area contributed by atoms with Crippen LogP contribution in [0.15, 0.2) is 48.5 Å². The molecule has 19 heavy (non-hydrogen) atoms. The highest BCUT2D eigenvalue weighted by Crippen LogP contribution is 2.21. The highest BCUT2D eigenvalue weighted by molar-refractivity contribution is 5.79. The van der Waals surface area contributed by atoms with E-state index >= 15 is 0 Å². The van der Waals surface area contributed by atoms with Gasteiger partial charge in [-0.25, -0.2) is 4.79 Å². The summed E-state index contributed by atoms with van der Waals surface area (Å²) in [6.07, 6.45) is 0.